The molecule has 1 aliphatic carbocycles. The van der Waals surface area contributed by atoms with E-state index in [1.54, 1.807) is 6.07 Å². The number of phenolic OH excluding ortho intramolecular Hbond substituents is 1. The standard InChI is InChI=1S/C19H21ClN2O/c1-11-9-14(19(23)15(20)10-11)12(2)22-17-8-4-6-13-5-3-7-16(21)18(13)17/h3-7,9-10,12,17,22-23H,8,21H2,1-2H3. The molecule has 4 heteroatoms. The van der Waals surface area contributed by atoms with E-state index in [1.807, 2.05) is 32.0 Å². The van der Waals surface area contributed by atoms with Crippen LogP contribution in [0.2, 0.25) is 5.02 Å². The Morgan fingerprint density at radius 2 is 2.13 bits per heavy atom. The topological polar surface area (TPSA) is 58.3 Å². The number of phenols is 1. The lowest BCUT2D eigenvalue weighted by Gasteiger charge is -2.28. The van der Waals surface area contributed by atoms with Crippen LogP contribution in [0, 0.1) is 6.92 Å². The lowest BCUT2D eigenvalue weighted by Crippen LogP contribution is -2.27. The van der Waals surface area contributed by atoms with E-state index in [2.05, 4.69) is 23.5 Å². The highest BCUT2D eigenvalue weighted by Crippen LogP contribution is 2.37. The highest BCUT2D eigenvalue weighted by Gasteiger charge is 2.23. The van der Waals surface area contributed by atoms with Crippen LogP contribution in [0.1, 0.15) is 47.7 Å². The highest BCUT2D eigenvalue weighted by molar-refractivity contribution is 6.32. The SMILES string of the molecule is Cc1cc(Cl)c(O)c(C(C)NC2CC=Cc3cccc(N)c32)c1. The molecule has 23 heavy (non-hydrogen) atoms. The summed E-state index contributed by atoms with van der Waals surface area (Å²) in [5.74, 6) is 0.143. The summed E-state index contributed by atoms with van der Waals surface area (Å²) in [5.41, 5.74) is 11.1. The summed E-state index contributed by atoms with van der Waals surface area (Å²) in [5, 5.41) is 14.2. The van der Waals surface area contributed by atoms with E-state index < -0.39 is 0 Å². The lowest BCUT2D eigenvalue weighted by atomic mass is 9.90. The summed E-state index contributed by atoms with van der Waals surface area (Å²) in [7, 11) is 0. The van der Waals surface area contributed by atoms with Gasteiger partial charge in [0.2, 0.25) is 0 Å². The van der Waals surface area contributed by atoms with Gasteiger partial charge >= 0.3 is 0 Å². The monoisotopic (exact) mass is 328 g/mol. The van der Waals surface area contributed by atoms with Crippen LogP contribution in [0.4, 0.5) is 5.69 Å². The summed E-state index contributed by atoms with van der Waals surface area (Å²) in [6.07, 6.45) is 5.12. The molecule has 0 spiro atoms. The molecule has 0 saturated carbocycles. The number of benzene rings is 2. The molecule has 0 bridgehead atoms. The van der Waals surface area contributed by atoms with Crippen molar-refractivity contribution in [2.24, 2.45) is 0 Å². The molecule has 0 radical (unpaired) electrons. The van der Waals surface area contributed by atoms with E-state index >= 15 is 0 Å². The van der Waals surface area contributed by atoms with Crippen molar-refractivity contribution >= 4 is 23.4 Å². The molecular formula is C19H21ClN2O. The maximum atomic E-state index is 10.3. The zero-order valence-electron chi connectivity index (χ0n) is 13.3. The predicted molar refractivity (Wildman–Crippen MR) is 96.7 cm³/mol. The van der Waals surface area contributed by atoms with Gasteiger partial charge in [-0.25, -0.2) is 0 Å². The Kier molecular flexibility index (Phi) is 4.33. The van der Waals surface area contributed by atoms with Crippen molar-refractivity contribution in [1.82, 2.24) is 5.32 Å². The van der Waals surface area contributed by atoms with Gasteiger partial charge in [-0.15, -0.1) is 0 Å². The Labute approximate surface area is 141 Å². The van der Waals surface area contributed by atoms with Gasteiger partial charge in [-0.3, -0.25) is 0 Å². The van der Waals surface area contributed by atoms with Gasteiger partial charge in [0.15, 0.2) is 0 Å². The predicted octanol–water partition coefficient (Wildman–Crippen LogP) is 4.75. The molecule has 0 amide bonds. The third kappa shape index (κ3) is 3.07. The first-order chi connectivity index (χ1) is 11.0. The van der Waals surface area contributed by atoms with Gasteiger partial charge in [-0.05, 0) is 49.1 Å². The molecule has 0 fully saturated rings. The Bertz CT molecular complexity index is 770. The van der Waals surface area contributed by atoms with E-state index in [0.717, 1.165) is 34.4 Å². The van der Waals surface area contributed by atoms with Crippen LogP contribution >= 0.6 is 11.6 Å². The third-order valence-corrected chi connectivity index (χ3v) is 4.63. The zero-order chi connectivity index (χ0) is 16.6. The third-order valence-electron chi connectivity index (χ3n) is 4.35. The van der Waals surface area contributed by atoms with Crippen molar-refractivity contribution in [3.8, 4) is 5.75 Å². The fraction of sp³-hybridized carbons (Fsp3) is 0.263. The molecule has 3 nitrogen and oxygen atoms in total. The Balaban J connectivity index is 1.91. The first-order valence-corrected chi connectivity index (χ1v) is 8.15. The second-order valence-electron chi connectivity index (χ2n) is 6.11. The van der Waals surface area contributed by atoms with Gasteiger partial charge < -0.3 is 16.2 Å². The molecule has 3 rings (SSSR count). The largest absolute Gasteiger partial charge is 0.506 e. The van der Waals surface area contributed by atoms with Crippen molar-refractivity contribution in [3.63, 3.8) is 0 Å². The minimum Gasteiger partial charge on any atom is -0.506 e. The summed E-state index contributed by atoms with van der Waals surface area (Å²) in [6, 6.07) is 9.77. The number of aromatic hydroxyl groups is 1. The number of anilines is 1. The summed E-state index contributed by atoms with van der Waals surface area (Å²) in [4.78, 5) is 0. The number of nitrogens with one attached hydrogen (secondary N) is 1. The number of hydrogen-bond acceptors (Lipinski definition) is 3. The molecule has 2 atom stereocenters. The van der Waals surface area contributed by atoms with Crippen molar-refractivity contribution in [2.75, 3.05) is 5.73 Å². The van der Waals surface area contributed by atoms with Gasteiger partial charge in [0.1, 0.15) is 5.75 Å². The summed E-state index contributed by atoms with van der Waals surface area (Å²) in [6.45, 7) is 4.00. The molecule has 0 aliphatic heterocycles. The van der Waals surface area contributed by atoms with Crippen molar-refractivity contribution in [1.29, 1.82) is 0 Å². The summed E-state index contributed by atoms with van der Waals surface area (Å²) < 4.78 is 0. The quantitative estimate of drug-likeness (QED) is 0.713. The number of rotatable bonds is 3. The number of nitrogen functional groups attached to an aromatic ring is 1. The Hall–Kier alpha value is -1.97. The number of aryl methyl sites for hydroxylation is 1. The van der Waals surface area contributed by atoms with Crippen LogP contribution in [0.25, 0.3) is 6.08 Å². The van der Waals surface area contributed by atoms with Gasteiger partial charge in [0, 0.05) is 23.3 Å². The molecule has 2 aromatic rings. The second kappa shape index (κ2) is 6.26. The maximum absolute atomic E-state index is 10.3. The molecule has 2 unspecified atom stereocenters. The number of halogens is 1. The van der Waals surface area contributed by atoms with Gasteiger partial charge in [0.25, 0.3) is 0 Å². The number of nitrogens with two attached hydrogens (primary N) is 1. The average molecular weight is 329 g/mol. The van der Waals surface area contributed by atoms with E-state index in [0.29, 0.717) is 5.02 Å². The van der Waals surface area contributed by atoms with E-state index in [4.69, 9.17) is 17.3 Å². The maximum Gasteiger partial charge on any atom is 0.138 e. The van der Waals surface area contributed by atoms with Gasteiger partial charge in [-0.1, -0.05) is 42.0 Å². The van der Waals surface area contributed by atoms with Crippen LogP contribution in [0.15, 0.2) is 36.4 Å². The molecule has 1 aliphatic rings. The Morgan fingerprint density at radius 1 is 1.35 bits per heavy atom. The van der Waals surface area contributed by atoms with E-state index in [1.165, 1.54) is 0 Å². The van der Waals surface area contributed by atoms with Crippen LogP contribution in [-0.2, 0) is 0 Å². The smallest absolute Gasteiger partial charge is 0.138 e. The molecule has 0 aromatic heterocycles. The van der Waals surface area contributed by atoms with Crippen molar-refractivity contribution < 1.29 is 5.11 Å². The molecular weight excluding hydrogens is 308 g/mol. The highest BCUT2D eigenvalue weighted by atomic mass is 35.5. The molecule has 0 heterocycles. The summed E-state index contributed by atoms with van der Waals surface area (Å²) >= 11 is 6.10. The minimum absolute atomic E-state index is 0.0450. The minimum atomic E-state index is -0.0450. The first kappa shape index (κ1) is 15.9. The molecule has 120 valence electrons. The van der Waals surface area contributed by atoms with E-state index in [9.17, 15) is 5.11 Å². The second-order valence-corrected chi connectivity index (χ2v) is 6.52. The molecule has 2 aromatic carbocycles. The van der Waals surface area contributed by atoms with Crippen molar-refractivity contribution in [2.45, 2.75) is 32.4 Å². The van der Waals surface area contributed by atoms with Gasteiger partial charge in [0.05, 0.1) is 5.02 Å². The molecule has 4 N–H and O–H groups in total. The molecule has 0 saturated heterocycles. The fourth-order valence-corrected chi connectivity index (χ4v) is 3.51. The van der Waals surface area contributed by atoms with Gasteiger partial charge in [-0.2, -0.15) is 0 Å². The fourth-order valence-electron chi connectivity index (χ4n) is 3.23. The lowest BCUT2D eigenvalue weighted by molar-refractivity contribution is 0.429. The number of fused-ring (bicyclic) bond motifs is 1. The van der Waals surface area contributed by atoms with Crippen LogP contribution in [-0.4, -0.2) is 5.11 Å². The Morgan fingerprint density at radius 3 is 2.91 bits per heavy atom. The average Bonchev–Trinajstić information content (AvgIpc) is 2.51. The van der Waals surface area contributed by atoms with Crippen LogP contribution < -0.4 is 11.1 Å². The van der Waals surface area contributed by atoms with Crippen LogP contribution in [0.3, 0.4) is 0 Å². The number of hydrogen-bond donors (Lipinski definition) is 3. The zero-order valence-corrected chi connectivity index (χ0v) is 14.1. The van der Waals surface area contributed by atoms with E-state index in [-0.39, 0.29) is 17.8 Å². The first-order valence-electron chi connectivity index (χ1n) is 7.77. The van der Waals surface area contributed by atoms with Crippen LogP contribution in [0.5, 0.6) is 5.75 Å². The normalized spacial score (nSPS) is 17.8. The van der Waals surface area contributed by atoms with Crippen molar-refractivity contribution in [3.05, 3.63) is 63.7 Å².